The Hall–Kier alpha value is -2.38. The van der Waals surface area contributed by atoms with E-state index in [-0.39, 0.29) is 32.5 Å². The van der Waals surface area contributed by atoms with Crippen molar-refractivity contribution in [3.63, 3.8) is 0 Å². The Bertz CT molecular complexity index is 701. The standard InChI is InChI=1S/C20H30O8/c1-7-19(15(22)23)11-20(19,16(24)25)10-18(5,6)17(26)28-9-8-27-14(21)13(4)12(2)3/h7-11H2,1-6H3,(H,22,23)(H,24,25). The predicted octanol–water partition coefficient (Wildman–Crippen LogP) is 2.80. The number of aliphatic carboxylic acids is 2. The summed E-state index contributed by atoms with van der Waals surface area (Å²) in [5.74, 6) is -3.54. The molecular weight excluding hydrogens is 368 g/mol. The number of carbonyl (C=O) groups is 4. The molecule has 2 N–H and O–H groups in total. The first-order chi connectivity index (χ1) is 12.8. The molecule has 0 aromatic carbocycles. The highest BCUT2D eigenvalue weighted by molar-refractivity contribution is 5.94. The third-order valence-corrected chi connectivity index (χ3v) is 5.72. The van der Waals surface area contributed by atoms with Crippen molar-refractivity contribution in [2.45, 2.75) is 60.8 Å². The van der Waals surface area contributed by atoms with Crippen LogP contribution in [0.3, 0.4) is 0 Å². The molecule has 0 spiro atoms. The first-order valence-corrected chi connectivity index (χ1v) is 9.22. The van der Waals surface area contributed by atoms with Gasteiger partial charge in [0.1, 0.15) is 13.2 Å². The summed E-state index contributed by atoms with van der Waals surface area (Å²) in [7, 11) is 0. The SMILES string of the molecule is CCC1(C(=O)O)CC1(CC(C)(C)C(=O)OCCOC(=O)C(C)=C(C)C)C(=O)O. The van der Waals surface area contributed by atoms with Gasteiger partial charge in [-0.15, -0.1) is 0 Å². The average molecular weight is 398 g/mol. The van der Waals surface area contributed by atoms with Crippen LogP contribution in [0.4, 0.5) is 0 Å². The highest BCUT2D eigenvalue weighted by Crippen LogP contribution is 2.70. The first kappa shape index (κ1) is 23.7. The normalized spacial score (nSPS) is 23.5. The van der Waals surface area contributed by atoms with Gasteiger partial charge in [-0.05, 0) is 53.9 Å². The van der Waals surface area contributed by atoms with Gasteiger partial charge < -0.3 is 19.7 Å². The van der Waals surface area contributed by atoms with E-state index in [0.717, 1.165) is 5.57 Å². The van der Waals surface area contributed by atoms with Crippen molar-refractivity contribution in [1.82, 2.24) is 0 Å². The van der Waals surface area contributed by atoms with Crippen molar-refractivity contribution in [3.05, 3.63) is 11.1 Å². The van der Waals surface area contributed by atoms with Crippen LogP contribution in [0.15, 0.2) is 11.1 Å². The minimum Gasteiger partial charge on any atom is -0.481 e. The van der Waals surface area contributed by atoms with Crippen LogP contribution in [0, 0.1) is 16.2 Å². The molecule has 0 saturated heterocycles. The van der Waals surface area contributed by atoms with Crippen LogP contribution in [0.2, 0.25) is 0 Å². The van der Waals surface area contributed by atoms with Gasteiger partial charge in [0.25, 0.3) is 0 Å². The number of hydrogen-bond donors (Lipinski definition) is 2. The van der Waals surface area contributed by atoms with Crippen LogP contribution >= 0.6 is 0 Å². The van der Waals surface area contributed by atoms with Crippen LogP contribution in [-0.2, 0) is 28.7 Å². The van der Waals surface area contributed by atoms with Crippen molar-refractivity contribution >= 4 is 23.9 Å². The van der Waals surface area contributed by atoms with E-state index in [1.54, 1.807) is 27.7 Å². The minimum atomic E-state index is -1.50. The van der Waals surface area contributed by atoms with E-state index in [2.05, 4.69) is 0 Å². The summed E-state index contributed by atoms with van der Waals surface area (Å²) in [6, 6.07) is 0. The molecule has 28 heavy (non-hydrogen) atoms. The predicted molar refractivity (Wildman–Crippen MR) is 99.4 cm³/mol. The highest BCUT2D eigenvalue weighted by atomic mass is 16.6. The maximum absolute atomic E-state index is 12.4. The van der Waals surface area contributed by atoms with Crippen molar-refractivity contribution < 1.29 is 38.9 Å². The van der Waals surface area contributed by atoms with E-state index >= 15 is 0 Å². The number of esters is 2. The van der Waals surface area contributed by atoms with Gasteiger partial charge in [-0.25, -0.2) is 4.79 Å². The molecule has 2 unspecified atom stereocenters. The Morgan fingerprint density at radius 1 is 0.929 bits per heavy atom. The average Bonchev–Trinajstić information content (AvgIpc) is 3.27. The van der Waals surface area contributed by atoms with E-state index in [9.17, 15) is 29.4 Å². The quantitative estimate of drug-likeness (QED) is 0.327. The summed E-state index contributed by atoms with van der Waals surface area (Å²) in [6.45, 7) is 9.60. The zero-order valence-electron chi connectivity index (χ0n) is 17.4. The molecule has 0 radical (unpaired) electrons. The van der Waals surface area contributed by atoms with Gasteiger partial charge in [0.05, 0.1) is 16.2 Å². The van der Waals surface area contributed by atoms with Gasteiger partial charge in [0.15, 0.2) is 0 Å². The molecular formula is C20H30O8. The lowest BCUT2D eigenvalue weighted by Gasteiger charge is -2.28. The third kappa shape index (κ3) is 4.36. The molecule has 8 nitrogen and oxygen atoms in total. The maximum atomic E-state index is 12.4. The number of rotatable bonds is 10. The molecule has 1 aliphatic rings. The van der Waals surface area contributed by atoms with E-state index in [4.69, 9.17) is 9.47 Å². The Labute approximate surface area is 164 Å². The van der Waals surface area contributed by atoms with E-state index in [1.165, 1.54) is 13.8 Å². The van der Waals surface area contributed by atoms with Crippen molar-refractivity contribution in [3.8, 4) is 0 Å². The molecule has 2 atom stereocenters. The Morgan fingerprint density at radius 3 is 1.82 bits per heavy atom. The Balaban J connectivity index is 2.71. The van der Waals surface area contributed by atoms with Crippen LogP contribution in [-0.4, -0.2) is 47.3 Å². The summed E-state index contributed by atoms with van der Waals surface area (Å²) < 4.78 is 10.2. The van der Waals surface area contributed by atoms with Gasteiger partial charge in [-0.3, -0.25) is 14.4 Å². The lowest BCUT2D eigenvalue weighted by molar-refractivity contribution is -0.163. The molecule has 0 aromatic heterocycles. The molecule has 0 heterocycles. The summed E-state index contributed by atoms with van der Waals surface area (Å²) in [5.41, 5.74) is -2.76. The second kappa shape index (κ2) is 8.32. The fourth-order valence-electron chi connectivity index (χ4n) is 3.56. The van der Waals surface area contributed by atoms with Gasteiger partial charge >= 0.3 is 23.9 Å². The fourth-order valence-corrected chi connectivity index (χ4v) is 3.56. The summed E-state index contributed by atoms with van der Waals surface area (Å²) in [6.07, 6.45) is 0.00185. The van der Waals surface area contributed by atoms with Gasteiger partial charge in [0.2, 0.25) is 0 Å². The van der Waals surface area contributed by atoms with Crippen molar-refractivity contribution in [2.24, 2.45) is 16.2 Å². The molecule has 0 aromatic rings. The maximum Gasteiger partial charge on any atom is 0.333 e. The lowest BCUT2D eigenvalue weighted by Crippen LogP contribution is -2.37. The van der Waals surface area contributed by atoms with Crippen LogP contribution in [0.25, 0.3) is 0 Å². The van der Waals surface area contributed by atoms with E-state index < -0.39 is 40.1 Å². The van der Waals surface area contributed by atoms with Crippen LogP contribution in [0.5, 0.6) is 0 Å². The number of carboxylic acids is 2. The molecule has 0 aliphatic heterocycles. The monoisotopic (exact) mass is 398 g/mol. The smallest absolute Gasteiger partial charge is 0.333 e. The fraction of sp³-hybridized carbons (Fsp3) is 0.700. The lowest BCUT2D eigenvalue weighted by atomic mass is 9.76. The zero-order chi connectivity index (χ0) is 21.9. The molecule has 1 fully saturated rings. The Morgan fingerprint density at radius 2 is 1.43 bits per heavy atom. The second-order valence-electron chi connectivity index (χ2n) is 8.26. The van der Waals surface area contributed by atoms with E-state index in [1.807, 2.05) is 0 Å². The number of carboxylic acid groups (broad SMARTS) is 2. The summed E-state index contributed by atoms with van der Waals surface area (Å²) in [5, 5.41) is 19.2. The molecule has 8 heteroatoms. The number of allylic oxidation sites excluding steroid dienone is 1. The van der Waals surface area contributed by atoms with Crippen LogP contribution in [0.1, 0.15) is 60.8 Å². The van der Waals surface area contributed by atoms with Gasteiger partial charge in [-0.1, -0.05) is 12.5 Å². The molecule has 0 bridgehead atoms. The molecule has 1 aliphatic carbocycles. The van der Waals surface area contributed by atoms with Crippen LogP contribution < -0.4 is 0 Å². The summed E-state index contributed by atoms with van der Waals surface area (Å²) in [4.78, 5) is 47.6. The highest BCUT2D eigenvalue weighted by Gasteiger charge is 2.76. The molecule has 1 rings (SSSR count). The largest absolute Gasteiger partial charge is 0.481 e. The Kier molecular flexibility index (Phi) is 7.03. The third-order valence-electron chi connectivity index (χ3n) is 5.72. The second-order valence-corrected chi connectivity index (χ2v) is 8.26. The van der Waals surface area contributed by atoms with Crippen molar-refractivity contribution in [1.29, 1.82) is 0 Å². The van der Waals surface area contributed by atoms with Gasteiger partial charge in [-0.2, -0.15) is 0 Å². The number of hydrogen-bond acceptors (Lipinski definition) is 6. The number of carbonyl (C=O) groups excluding carboxylic acids is 2. The topological polar surface area (TPSA) is 127 Å². The molecule has 1 saturated carbocycles. The van der Waals surface area contributed by atoms with Gasteiger partial charge in [0, 0.05) is 5.57 Å². The van der Waals surface area contributed by atoms with E-state index in [0.29, 0.717) is 5.57 Å². The summed E-state index contributed by atoms with van der Waals surface area (Å²) >= 11 is 0. The van der Waals surface area contributed by atoms with Crippen molar-refractivity contribution in [2.75, 3.05) is 13.2 Å². The minimum absolute atomic E-state index is 0.0164. The number of ether oxygens (including phenoxy) is 2. The zero-order valence-corrected chi connectivity index (χ0v) is 17.4. The first-order valence-electron chi connectivity index (χ1n) is 9.22. The molecule has 158 valence electrons. The molecule has 0 amide bonds.